The Balaban J connectivity index is 1.60. The zero-order chi connectivity index (χ0) is 28.4. The maximum absolute atomic E-state index is 12.5. The van der Waals surface area contributed by atoms with Crippen molar-refractivity contribution < 1.29 is 28.6 Å². The first kappa shape index (κ1) is 29.4. The van der Waals surface area contributed by atoms with Gasteiger partial charge in [-0.1, -0.05) is 30.3 Å². The molecule has 3 aromatic rings. The van der Waals surface area contributed by atoms with E-state index in [4.69, 9.17) is 14.2 Å². The van der Waals surface area contributed by atoms with Crippen LogP contribution in [0.15, 0.2) is 59.7 Å². The summed E-state index contributed by atoms with van der Waals surface area (Å²) < 4.78 is 17.3. The van der Waals surface area contributed by atoms with Crippen molar-refractivity contribution in [1.82, 2.24) is 5.43 Å². The highest BCUT2D eigenvalue weighted by Crippen LogP contribution is 2.33. The van der Waals surface area contributed by atoms with E-state index in [0.29, 0.717) is 38.7 Å². The summed E-state index contributed by atoms with van der Waals surface area (Å²) in [6.45, 7) is 5.86. The fourth-order valence-corrected chi connectivity index (χ4v) is 4.31. The second-order valence-electron chi connectivity index (χ2n) is 8.22. The van der Waals surface area contributed by atoms with E-state index < -0.39 is 11.8 Å². The van der Waals surface area contributed by atoms with Crippen molar-refractivity contribution in [2.45, 2.75) is 20.8 Å². The first-order valence-electron chi connectivity index (χ1n) is 12.0. The number of amides is 3. The molecule has 0 radical (unpaired) electrons. The van der Waals surface area contributed by atoms with Crippen LogP contribution in [-0.2, 0) is 14.4 Å². The van der Waals surface area contributed by atoms with Crippen LogP contribution in [0.1, 0.15) is 23.6 Å². The molecule has 204 valence electrons. The Hall–Kier alpha value is -4.13. The van der Waals surface area contributed by atoms with Gasteiger partial charge in [-0.15, -0.1) is 0 Å². The largest absolute Gasteiger partial charge is 0.493 e. The van der Waals surface area contributed by atoms with Crippen molar-refractivity contribution >= 4 is 57.9 Å². The number of hydrogen-bond donors (Lipinski definition) is 3. The number of rotatable bonds is 10. The van der Waals surface area contributed by atoms with Gasteiger partial charge in [0.1, 0.15) is 5.75 Å². The first-order valence-corrected chi connectivity index (χ1v) is 13.0. The molecule has 0 bridgehead atoms. The molecule has 39 heavy (non-hydrogen) atoms. The smallest absolute Gasteiger partial charge is 0.329 e. The number of hydrogen-bond acceptors (Lipinski definition) is 7. The molecule has 0 aliphatic heterocycles. The summed E-state index contributed by atoms with van der Waals surface area (Å²) in [5.41, 5.74) is 5.82. The third kappa shape index (κ3) is 8.18. The van der Waals surface area contributed by atoms with E-state index in [2.05, 4.69) is 43.8 Å². The molecule has 0 spiro atoms. The third-order valence-electron chi connectivity index (χ3n) is 5.37. The van der Waals surface area contributed by atoms with E-state index in [1.165, 1.54) is 13.3 Å². The molecule has 3 N–H and O–H groups in total. The van der Waals surface area contributed by atoms with Crippen LogP contribution in [0.5, 0.6) is 17.2 Å². The molecule has 0 aliphatic carbocycles. The van der Waals surface area contributed by atoms with Gasteiger partial charge in [-0.05, 0) is 84.3 Å². The maximum Gasteiger partial charge on any atom is 0.329 e. The molecule has 3 rings (SSSR count). The number of ether oxygens (including phenoxy) is 3. The molecule has 0 fully saturated rings. The number of para-hydroxylation sites is 3. The summed E-state index contributed by atoms with van der Waals surface area (Å²) in [7, 11) is 1.47. The van der Waals surface area contributed by atoms with Crippen LogP contribution in [-0.4, -0.2) is 44.3 Å². The molecule has 0 heterocycles. The Labute approximate surface area is 240 Å². The van der Waals surface area contributed by atoms with E-state index in [-0.39, 0.29) is 12.5 Å². The van der Waals surface area contributed by atoms with Crippen molar-refractivity contribution in [3.63, 3.8) is 0 Å². The summed E-state index contributed by atoms with van der Waals surface area (Å²) >= 11 is 2.05. The molecule has 10 nitrogen and oxygen atoms in total. The van der Waals surface area contributed by atoms with Crippen molar-refractivity contribution in [1.29, 1.82) is 0 Å². The van der Waals surface area contributed by atoms with Crippen molar-refractivity contribution in [3.8, 4) is 17.2 Å². The minimum atomic E-state index is -0.950. The fraction of sp³-hybridized carbons (Fsp3) is 0.214. The lowest BCUT2D eigenvalue weighted by Crippen LogP contribution is -2.32. The molecule has 0 saturated heterocycles. The van der Waals surface area contributed by atoms with E-state index in [0.717, 1.165) is 16.8 Å². The second-order valence-corrected chi connectivity index (χ2v) is 9.38. The second kappa shape index (κ2) is 14.1. The first-order chi connectivity index (χ1) is 18.7. The van der Waals surface area contributed by atoms with Gasteiger partial charge in [0.15, 0.2) is 18.1 Å². The normalized spacial score (nSPS) is 10.6. The number of halogens is 1. The number of nitrogens with one attached hydrogen (secondary N) is 3. The Morgan fingerprint density at radius 1 is 0.923 bits per heavy atom. The number of carbonyl (C=O) groups is 3. The molecule has 11 heteroatoms. The van der Waals surface area contributed by atoms with Crippen LogP contribution in [0.2, 0.25) is 0 Å². The van der Waals surface area contributed by atoms with E-state index in [1.807, 2.05) is 39.0 Å². The van der Waals surface area contributed by atoms with Crippen molar-refractivity contribution in [2.75, 3.05) is 31.0 Å². The topological polar surface area (TPSA) is 127 Å². The summed E-state index contributed by atoms with van der Waals surface area (Å²) in [4.78, 5) is 37.0. The monoisotopic (exact) mass is 644 g/mol. The molecular weight excluding hydrogens is 615 g/mol. The van der Waals surface area contributed by atoms with Crippen LogP contribution in [0, 0.1) is 17.4 Å². The fourth-order valence-electron chi connectivity index (χ4n) is 3.53. The lowest BCUT2D eigenvalue weighted by atomic mass is 10.1. The number of nitrogens with zero attached hydrogens (tertiary/aromatic N) is 1. The van der Waals surface area contributed by atoms with E-state index in [1.54, 1.807) is 36.4 Å². The lowest BCUT2D eigenvalue weighted by molar-refractivity contribution is -0.136. The average Bonchev–Trinajstić information content (AvgIpc) is 2.91. The van der Waals surface area contributed by atoms with Gasteiger partial charge >= 0.3 is 11.8 Å². The Morgan fingerprint density at radius 2 is 1.64 bits per heavy atom. The van der Waals surface area contributed by atoms with Crippen LogP contribution in [0.3, 0.4) is 0 Å². The number of hydrazone groups is 1. The van der Waals surface area contributed by atoms with Crippen molar-refractivity contribution in [2.24, 2.45) is 5.10 Å². The zero-order valence-corrected chi connectivity index (χ0v) is 24.1. The van der Waals surface area contributed by atoms with Gasteiger partial charge in [-0.3, -0.25) is 14.4 Å². The number of aryl methyl sites for hydroxylation is 2. The van der Waals surface area contributed by atoms with Crippen molar-refractivity contribution in [3.05, 3.63) is 74.9 Å². The van der Waals surface area contributed by atoms with Gasteiger partial charge in [-0.2, -0.15) is 5.10 Å². The van der Waals surface area contributed by atoms with Gasteiger partial charge < -0.3 is 24.8 Å². The third-order valence-corrected chi connectivity index (χ3v) is 6.17. The van der Waals surface area contributed by atoms with Gasteiger partial charge in [0, 0.05) is 5.69 Å². The van der Waals surface area contributed by atoms with Gasteiger partial charge in [0.2, 0.25) is 0 Å². The van der Waals surface area contributed by atoms with Crippen LogP contribution in [0.25, 0.3) is 0 Å². The van der Waals surface area contributed by atoms with E-state index >= 15 is 0 Å². The molecule has 3 aromatic carbocycles. The maximum atomic E-state index is 12.5. The predicted molar refractivity (Wildman–Crippen MR) is 158 cm³/mol. The Kier molecular flexibility index (Phi) is 10.7. The average molecular weight is 644 g/mol. The zero-order valence-electron chi connectivity index (χ0n) is 22.0. The summed E-state index contributed by atoms with van der Waals surface area (Å²) in [5.74, 6) is -0.927. The van der Waals surface area contributed by atoms with Crippen LogP contribution in [0.4, 0.5) is 11.4 Å². The van der Waals surface area contributed by atoms with E-state index in [9.17, 15) is 14.4 Å². The van der Waals surface area contributed by atoms with Crippen LogP contribution < -0.4 is 30.3 Å². The number of methoxy groups -OCH3 is 1. The quantitative estimate of drug-likeness (QED) is 0.130. The lowest BCUT2D eigenvalue weighted by Gasteiger charge is -2.15. The number of benzene rings is 3. The Bertz CT molecular complexity index is 1370. The summed E-state index contributed by atoms with van der Waals surface area (Å²) in [6, 6.07) is 15.9. The highest BCUT2D eigenvalue weighted by Gasteiger charge is 2.16. The number of carbonyl (C=O) groups excluding carboxylic acids is 3. The summed E-state index contributed by atoms with van der Waals surface area (Å²) in [6.07, 6.45) is 1.36. The van der Waals surface area contributed by atoms with Gasteiger partial charge in [-0.25, -0.2) is 5.43 Å². The SMILES string of the molecule is CCOc1ccccc1NC(=O)C(=O)N/N=C\c1cc(I)c(OCC(=O)Nc2c(C)cccc2C)c(OC)c1. The number of anilines is 2. The molecule has 0 saturated carbocycles. The highest BCUT2D eigenvalue weighted by molar-refractivity contribution is 14.1. The van der Waals surface area contributed by atoms with Gasteiger partial charge in [0.05, 0.1) is 29.2 Å². The van der Waals surface area contributed by atoms with Crippen LogP contribution >= 0.6 is 22.6 Å². The predicted octanol–water partition coefficient (Wildman–Crippen LogP) is 4.42. The molecular formula is C28H29IN4O6. The Morgan fingerprint density at radius 3 is 2.33 bits per heavy atom. The molecule has 0 atom stereocenters. The van der Waals surface area contributed by atoms with Gasteiger partial charge in [0.25, 0.3) is 5.91 Å². The molecule has 3 amide bonds. The molecule has 0 aliphatic rings. The highest BCUT2D eigenvalue weighted by atomic mass is 127. The standard InChI is InChI=1S/C28H29IN4O6/c1-5-38-22-12-7-6-11-21(22)31-27(35)28(36)33-30-15-19-13-20(29)26(23(14-19)37-4)39-16-24(34)32-25-17(2)9-8-10-18(25)3/h6-15H,5,16H2,1-4H3,(H,31,35)(H,32,34)(H,33,36)/b30-15-. The minimum Gasteiger partial charge on any atom is -0.493 e. The summed E-state index contributed by atoms with van der Waals surface area (Å²) in [5, 5.41) is 9.25. The minimum absolute atomic E-state index is 0.217. The molecule has 0 aromatic heterocycles. The molecule has 0 unspecified atom stereocenters.